The Bertz CT molecular complexity index is 545. The van der Waals surface area contributed by atoms with E-state index in [1.54, 1.807) is 0 Å². The molecule has 96 valence electrons. The fraction of sp³-hybridized carbons (Fsp3) is 0.357. The number of nitrogens with zero attached hydrogens (tertiary/aromatic N) is 1. The van der Waals surface area contributed by atoms with E-state index >= 15 is 0 Å². The fourth-order valence-corrected chi connectivity index (χ4v) is 2.12. The average molecular weight is 246 g/mol. The molecule has 1 heterocycles. The summed E-state index contributed by atoms with van der Waals surface area (Å²) in [5.41, 5.74) is 2.23. The zero-order chi connectivity index (χ0) is 13.1. The van der Waals surface area contributed by atoms with E-state index in [2.05, 4.69) is 11.1 Å². The number of hydrogen-bond acceptors (Lipinski definition) is 3. The number of para-hydroxylation sites is 1. The Balaban J connectivity index is 2.29. The molecule has 0 saturated heterocycles. The molecule has 0 amide bonds. The highest BCUT2D eigenvalue weighted by Crippen LogP contribution is 2.20. The van der Waals surface area contributed by atoms with Crippen molar-refractivity contribution in [3.63, 3.8) is 0 Å². The molecular formula is C14H18N2O2. The number of ether oxygens (including phenoxy) is 1. The minimum atomic E-state index is -0.255. The summed E-state index contributed by atoms with van der Waals surface area (Å²) in [5.74, 6) is -0.203. The van der Waals surface area contributed by atoms with Crippen molar-refractivity contribution < 1.29 is 9.53 Å². The number of methoxy groups -OCH3 is 1. The molecule has 2 rings (SSSR count). The van der Waals surface area contributed by atoms with Gasteiger partial charge in [-0.25, -0.2) is 0 Å². The van der Waals surface area contributed by atoms with Gasteiger partial charge in [-0.05, 0) is 25.7 Å². The average Bonchev–Trinajstić information content (AvgIpc) is 2.78. The van der Waals surface area contributed by atoms with E-state index in [4.69, 9.17) is 4.74 Å². The van der Waals surface area contributed by atoms with Crippen molar-refractivity contribution in [2.45, 2.75) is 12.5 Å². The first-order chi connectivity index (χ1) is 8.63. The van der Waals surface area contributed by atoms with E-state index in [0.29, 0.717) is 6.42 Å². The van der Waals surface area contributed by atoms with Crippen molar-refractivity contribution >= 4 is 16.9 Å². The lowest BCUT2D eigenvalue weighted by atomic mass is 10.0. The standard InChI is InChI=1S/C14H18N2O2/c1-16(2)13(14(17)18-3)8-10-9-15-12-7-5-4-6-11(10)12/h4-7,9,13,15H,8H2,1-3H3/t13-/m1/s1. The van der Waals surface area contributed by atoms with Crippen LogP contribution in [-0.4, -0.2) is 43.1 Å². The molecule has 0 fully saturated rings. The predicted molar refractivity (Wildman–Crippen MR) is 71.5 cm³/mol. The first-order valence-corrected chi connectivity index (χ1v) is 5.92. The number of fused-ring (bicyclic) bond motifs is 1. The quantitative estimate of drug-likeness (QED) is 0.837. The van der Waals surface area contributed by atoms with Crippen LogP contribution in [-0.2, 0) is 16.0 Å². The molecule has 0 aliphatic rings. The maximum atomic E-state index is 11.7. The highest BCUT2D eigenvalue weighted by molar-refractivity contribution is 5.84. The van der Waals surface area contributed by atoms with Gasteiger partial charge in [-0.15, -0.1) is 0 Å². The minimum Gasteiger partial charge on any atom is -0.468 e. The van der Waals surface area contributed by atoms with E-state index in [1.165, 1.54) is 7.11 Å². The number of hydrogen-bond donors (Lipinski definition) is 1. The molecule has 0 saturated carbocycles. The summed E-state index contributed by atoms with van der Waals surface area (Å²) >= 11 is 0. The number of esters is 1. The third kappa shape index (κ3) is 2.38. The second-order valence-electron chi connectivity index (χ2n) is 4.57. The van der Waals surface area contributed by atoms with E-state index in [9.17, 15) is 4.79 Å². The molecule has 4 nitrogen and oxygen atoms in total. The Morgan fingerprint density at radius 3 is 2.78 bits per heavy atom. The molecule has 0 bridgehead atoms. The lowest BCUT2D eigenvalue weighted by molar-refractivity contribution is -0.145. The summed E-state index contributed by atoms with van der Waals surface area (Å²) in [6.07, 6.45) is 2.60. The maximum Gasteiger partial charge on any atom is 0.323 e. The van der Waals surface area contributed by atoms with Crippen LogP contribution in [0.4, 0.5) is 0 Å². The van der Waals surface area contributed by atoms with Crippen LogP contribution in [0.15, 0.2) is 30.5 Å². The van der Waals surface area contributed by atoms with Crippen LogP contribution in [0, 0.1) is 0 Å². The largest absolute Gasteiger partial charge is 0.468 e. The van der Waals surface area contributed by atoms with Gasteiger partial charge in [-0.2, -0.15) is 0 Å². The molecule has 1 aromatic heterocycles. The topological polar surface area (TPSA) is 45.3 Å². The fourth-order valence-electron chi connectivity index (χ4n) is 2.12. The molecule has 1 N–H and O–H groups in total. The Hall–Kier alpha value is -1.81. The molecule has 1 atom stereocenters. The second kappa shape index (κ2) is 5.23. The van der Waals surface area contributed by atoms with Crippen LogP contribution in [0.3, 0.4) is 0 Å². The van der Waals surface area contributed by atoms with Crippen LogP contribution >= 0.6 is 0 Å². The summed E-state index contributed by atoms with van der Waals surface area (Å²) in [7, 11) is 5.20. The van der Waals surface area contributed by atoms with Crippen LogP contribution in [0.25, 0.3) is 10.9 Å². The van der Waals surface area contributed by atoms with Gasteiger partial charge in [0.25, 0.3) is 0 Å². The van der Waals surface area contributed by atoms with Gasteiger partial charge in [0.05, 0.1) is 7.11 Å². The van der Waals surface area contributed by atoms with Crippen molar-refractivity contribution in [1.29, 1.82) is 0 Å². The summed E-state index contributed by atoms with van der Waals surface area (Å²) in [4.78, 5) is 16.8. The Morgan fingerprint density at radius 2 is 2.11 bits per heavy atom. The first-order valence-electron chi connectivity index (χ1n) is 5.92. The second-order valence-corrected chi connectivity index (χ2v) is 4.57. The van der Waals surface area contributed by atoms with Crippen molar-refractivity contribution in [3.05, 3.63) is 36.0 Å². The highest BCUT2D eigenvalue weighted by Gasteiger charge is 2.22. The van der Waals surface area contributed by atoms with Crippen LogP contribution in [0.5, 0.6) is 0 Å². The number of carbonyl (C=O) groups is 1. The molecule has 0 aliphatic carbocycles. The van der Waals surface area contributed by atoms with Gasteiger partial charge in [0.15, 0.2) is 0 Å². The van der Waals surface area contributed by atoms with Gasteiger partial charge in [0.2, 0.25) is 0 Å². The number of rotatable bonds is 4. The van der Waals surface area contributed by atoms with Crippen molar-refractivity contribution in [2.75, 3.05) is 21.2 Å². The summed E-state index contributed by atoms with van der Waals surface area (Å²) < 4.78 is 4.84. The number of carbonyl (C=O) groups excluding carboxylic acids is 1. The Morgan fingerprint density at radius 1 is 1.39 bits per heavy atom. The number of likely N-dealkylation sites (N-methyl/N-ethyl adjacent to an activating group) is 1. The molecular weight excluding hydrogens is 228 g/mol. The van der Waals surface area contributed by atoms with Gasteiger partial charge < -0.3 is 9.72 Å². The Labute approximate surface area is 107 Å². The van der Waals surface area contributed by atoms with Gasteiger partial charge in [0, 0.05) is 23.5 Å². The van der Waals surface area contributed by atoms with Crippen molar-refractivity contribution in [3.8, 4) is 0 Å². The monoisotopic (exact) mass is 246 g/mol. The number of H-pyrrole nitrogens is 1. The van der Waals surface area contributed by atoms with Crippen molar-refractivity contribution in [2.24, 2.45) is 0 Å². The van der Waals surface area contributed by atoms with E-state index in [-0.39, 0.29) is 12.0 Å². The van der Waals surface area contributed by atoms with E-state index in [1.807, 2.05) is 43.4 Å². The van der Waals surface area contributed by atoms with Crippen molar-refractivity contribution in [1.82, 2.24) is 9.88 Å². The minimum absolute atomic E-state index is 0.203. The van der Waals surface area contributed by atoms with Crippen LogP contribution < -0.4 is 0 Å². The number of aromatic amines is 1. The molecule has 1 aromatic carbocycles. The lowest BCUT2D eigenvalue weighted by Crippen LogP contribution is -2.38. The smallest absolute Gasteiger partial charge is 0.323 e. The van der Waals surface area contributed by atoms with Gasteiger partial charge >= 0.3 is 5.97 Å². The zero-order valence-electron chi connectivity index (χ0n) is 10.9. The van der Waals surface area contributed by atoms with Gasteiger partial charge in [-0.3, -0.25) is 9.69 Å². The molecule has 0 aliphatic heterocycles. The molecule has 0 radical (unpaired) electrons. The molecule has 0 spiro atoms. The highest BCUT2D eigenvalue weighted by atomic mass is 16.5. The number of aromatic nitrogens is 1. The summed E-state index contributed by atoms with van der Waals surface area (Å²) in [6, 6.07) is 7.83. The first kappa shape index (κ1) is 12.6. The van der Waals surface area contributed by atoms with Gasteiger partial charge in [-0.1, -0.05) is 18.2 Å². The van der Waals surface area contributed by atoms with Crippen LogP contribution in [0.1, 0.15) is 5.56 Å². The third-order valence-electron chi connectivity index (χ3n) is 3.18. The third-order valence-corrected chi connectivity index (χ3v) is 3.18. The SMILES string of the molecule is COC(=O)[C@@H](Cc1c[nH]c2ccccc12)N(C)C. The lowest BCUT2D eigenvalue weighted by Gasteiger charge is -2.21. The van der Waals surface area contributed by atoms with Crippen LogP contribution in [0.2, 0.25) is 0 Å². The zero-order valence-corrected chi connectivity index (χ0v) is 10.9. The van der Waals surface area contributed by atoms with Gasteiger partial charge in [0.1, 0.15) is 6.04 Å². The number of nitrogens with one attached hydrogen (secondary N) is 1. The molecule has 4 heteroatoms. The predicted octanol–water partition coefficient (Wildman–Crippen LogP) is 1.81. The van der Waals surface area contributed by atoms with E-state index in [0.717, 1.165) is 16.5 Å². The molecule has 2 aromatic rings. The van der Waals surface area contributed by atoms with E-state index < -0.39 is 0 Å². The molecule has 0 unspecified atom stereocenters. The molecule has 18 heavy (non-hydrogen) atoms. The normalized spacial score (nSPS) is 12.9. The summed E-state index contributed by atoms with van der Waals surface area (Å²) in [6.45, 7) is 0. The number of benzene rings is 1. The summed E-state index contributed by atoms with van der Waals surface area (Å²) in [5, 5.41) is 1.16. The Kier molecular flexibility index (Phi) is 3.67. The maximum absolute atomic E-state index is 11.7.